The number of aromatic amines is 1. The number of nitrogens with one attached hydrogen (secondary N) is 12. The van der Waals surface area contributed by atoms with Gasteiger partial charge in [0.25, 0.3) is 0 Å². The molecule has 30 nitrogen and oxygen atoms in total. The molecule has 4 aliphatic heterocycles. The van der Waals surface area contributed by atoms with Crippen LogP contribution in [0.4, 0.5) is 5.69 Å². The number of rotatable bonds is 17. The van der Waals surface area contributed by atoms with Crippen LogP contribution in [0, 0.1) is 11.8 Å². The van der Waals surface area contributed by atoms with Crippen molar-refractivity contribution in [1.82, 2.24) is 68.0 Å². The smallest absolute Gasteiger partial charge is 0.247 e. The highest BCUT2D eigenvalue weighted by molar-refractivity contribution is 7.99. The summed E-state index contributed by atoms with van der Waals surface area (Å²) in [6.45, 7) is 2.94. The molecular weight excluding hydrogens is 1200 g/mol. The highest BCUT2D eigenvalue weighted by Crippen LogP contribution is 2.32. The molecule has 2 aromatic carbocycles. The van der Waals surface area contributed by atoms with Crippen LogP contribution in [0.1, 0.15) is 70.9 Å². The van der Waals surface area contributed by atoms with Gasteiger partial charge in [-0.3, -0.25) is 72.5 Å². The van der Waals surface area contributed by atoms with Crippen LogP contribution in [0.15, 0.2) is 53.6 Å². The van der Waals surface area contributed by atoms with E-state index in [1.54, 1.807) is 50.2 Å². The van der Waals surface area contributed by atoms with E-state index in [1.807, 2.05) is 0 Å². The van der Waals surface area contributed by atoms with Gasteiger partial charge in [-0.1, -0.05) is 57.5 Å². The Balaban J connectivity index is 1.12. The predicted octanol–water partition coefficient (Wildman–Crippen LogP) is -4.37. The van der Waals surface area contributed by atoms with Gasteiger partial charge in [-0.15, -0.1) is 11.8 Å². The molecule has 15 N–H and O–H groups in total. The van der Waals surface area contributed by atoms with Crippen molar-refractivity contribution in [3.05, 3.63) is 59.7 Å². The van der Waals surface area contributed by atoms with Crippen molar-refractivity contribution in [2.45, 2.75) is 138 Å². The average molecular weight is 1280 g/mol. The number of amides is 13. The quantitative estimate of drug-likeness (QED) is 0.0448. The molecule has 1 aromatic heterocycles. The average Bonchev–Trinajstić information content (AvgIpc) is 1.79. The highest BCUT2D eigenvalue weighted by atomic mass is 32.2. The number of hydrogen-bond donors (Lipinski definition) is 16. The van der Waals surface area contributed by atoms with E-state index in [0.717, 1.165) is 21.6 Å². The van der Waals surface area contributed by atoms with Crippen molar-refractivity contribution >= 4 is 118 Å². The number of imide groups is 1. The first-order valence-electron chi connectivity index (χ1n) is 29.1. The van der Waals surface area contributed by atoms with Crippen molar-refractivity contribution in [3.8, 4) is 0 Å². The van der Waals surface area contributed by atoms with Crippen molar-refractivity contribution in [2.24, 2.45) is 11.8 Å². The summed E-state index contributed by atoms with van der Waals surface area (Å²) in [7, 11) is 0. The molecule has 0 aliphatic carbocycles. The first-order chi connectivity index (χ1) is 42.3. The number of thioether (sulfide) groups is 1. The Hall–Kier alpha value is -8.17. The second-order valence-electron chi connectivity index (χ2n) is 22.3. The number of likely N-dealkylation sites (tertiary alicyclic amines) is 1. The Labute approximate surface area is 520 Å². The van der Waals surface area contributed by atoms with E-state index in [-0.39, 0.29) is 44.5 Å². The van der Waals surface area contributed by atoms with Gasteiger partial charge >= 0.3 is 0 Å². The van der Waals surface area contributed by atoms with Gasteiger partial charge < -0.3 is 78.4 Å². The van der Waals surface area contributed by atoms with Crippen molar-refractivity contribution in [3.63, 3.8) is 0 Å². The SMILES string of the molecule is CCC(C)C1NC(=O)CNC(=O)C2Cc3c([nH]c4ccccc34)SCC(NC(=O)CNC1=O)C(=O)NC(CC(=O)NCc1ccc(NC(=O)[C@H](C)NC(=O)CNC(=O)CCN3C(=O)CC(S)C3=O)cc1)C(=O)N1CC(O)CC1NC(C(C)C(O)CO)C(=O)N2. The zero-order valence-corrected chi connectivity index (χ0v) is 51.1. The van der Waals surface area contributed by atoms with Gasteiger partial charge in [0.15, 0.2) is 0 Å². The Bertz CT molecular complexity index is 3190. The number of aromatic nitrogens is 1. The summed E-state index contributed by atoms with van der Waals surface area (Å²) in [5.74, 6) is -11.6. The minimum atomic E-state index is -1.74. The number of aliphatic hydroxyl groups excluding tert-OH is 3. The molecule has 0 spiro atoms. The summed E-state index contributed by atoms with van der Waals surface area (Å²) < 4.78 is 0. The number of carbonyl (C=O) groups excluding carboxylic acids is 13. The number of para-hydroxylation sites is 1. The van der Waals surface area contributed by atoms with Gasteiger partial charge in [-0.2, -0.15) is 12.6 Å². The molecule has 5 heterocycles. The van der Waals surface area contributed by atoms with E-state index in [2.05, 4.69) is 76.1 Å². The molecule has 0 radical (unpaired) electrons. The second-order valence-corrected chi connectivity index (χ2v) is 24.0. The lowest BCUT2D eigenvalue weighted by Gasteiger charge is -2.35. The molecule has 13 amide bonds. The maximum Gasteiger partial charge on any atom is 0.247 e. The molecule has 2 fully saturated rings. The van der Waals surface area contributed by atoms with E-state index in [9.17, 15) is 72.9 Å². The fourth-order valence-corrected chi connectivity index (χ4v) is 11.8. The predicted molar refractivity (Wildman–Crippen MR) is 322 cm³/mol. The number of aliphatic hydroxyl groups is 3. The number of nitrogens with zero attached hydrogens (tertiary/aromatic N) is 2. The number of hydrogen-bond acceptors (Lipinski definition) is 19. The first kappa shape index (κ1) is 68.3. The van der Waals surface area contributed by atoms with Crippen LogP contribution in [0.25, 0.3) is 10.9 Å². The number of anilines is 1. The van der Waals surface area contributed by atoms with Gasteiger partial charge in [0.05, 0.1) is 67.4 Å². The lowest BCUT2D eigenvalue weighted by Crippen LogP contribution is -2.62. The van der Waals surface area contributed by atoms with Crippen LogP contribution in [0.2, 0.25) is 0 Å². The maximum atomic E-state index is 15.0. The fourth-order valence-electron chi connectivity index (χ4n) is 10.4. The largest absolute Gasteiger partial charge is 0.394 e. The Morgan fingerprint density at radius 2 is 1.47 bits per heavy atom. The van der Waals surface area contributed by atoms with Crippen molar-refractivity contribution in [2.75, 3.05) is 50.4 Å². The zero-order valence-electron chi connectivity index (χ0n) is 49.3. The van der Waals surface area contributed by atoms with Crippen LogP contribution < -0.4 is 58.5 Å². The minimum Gasteiger partial charge on any atom is -0.394 e. The molecule has 89 heavy (non-hydrogen) atoms. The Morgan fingerprint density at radius 1 is 0.775 bits per heavy atom. The molecule has 2 saturated heterocycles. The third-order valence-corrected chi connectivity index (χ3v) is 17.3. The third kappa shape index (κ3) is 18.2. The standard InChI is InChI=1S/C57H76N14O16S2/c1-5-27(2)48-53(84)61-22-45(78)64-38-26-89-55-34(33-8-6-7-9-35(33)67-55)17-36(51(82)60-23-46(79)69-48)65-54(85)49(28(3)39(74)25-72)68-41-16-32(73)24-71(41)56(86)37(66-52(38)83)18-43(76)58-20-30-10-12-31(13-11-30)63-50(81)29(4)62-44(77)21-59-42(75)14-15-70-47(80)19-40(88)57(70)87/h6-13,27-29,32,36-41,48-49,67-68,72-74,88H,5,14-26H2,1-4H3,(H,58,76)(H,59,75)(H,60,82)(H,61,84)(H,62,77)(H,63,81)(H,64,78)(H,65,85)(H,66,83)(H,69,79)/t27?,28?,29-,32?,36?,37?,38?,39?,40?,41?,48?,49?/m0/s1. The summed E-state index contributed by atoms with van der Waals surface area (Å²) in [5, 5.41) is 61.5. The molecule has 482 valence electrons. The van der Waals surface area contributed by atoms with Gasteiger partial charge in [0.2, 0.25) is 76.8 Å². The van der Waals surface area contributed by atoms with Gasteiger partial charge in [-0.25, -0.2) is 0 Å². The maximum absolute atomic E-state index is 15.0. The molecule has 2 bridgehead atoms. The van der Waals surface area contributed by atoms with Gasteiger partial charge in [0, 0.05) is 73.6 Å². The molecular formula is C57H76N14O16S2. The van der Waals surface area contributed by atoms with E-state index in [0.29, 0.717) is 39.2 Å². The summed E-state index contributed by atoms with van der Waals surface area (Å²) in [4.78, 5) is 182. The third-order valence-electron chi connectivity index (χ3n) is 15.8. The fraction of sp³-hybridized carbons (Fsp3) is 0.526. The second kappa shape index (κ2) is 31.3. The number of thiol groups is 1. The van der Waals surface area contributed by atoms with Crippen LogP contribution in [-0.2, 0) is 75.3 Å². The molecule has 12 atom stereocenters. The number of H-pyrrole nitrogens is 1. The topological polar surface area (TPSA) is 437 Å². The first-order valence-corrected chi connectivity index (χ1v) is 30.6. The van der Waals surface area contributed by atoms with Crippen LogP contribution >= 0.6 is 24.4 Å². The summed E-state index contributed by atoms with van der Waals surface area (Å²) in [5.41, 5.74) is 1.84. The van der Waals surface area contributed by atoms with E-state index in [1.165, 1.54) is 26.0 Å². The Morgan fingerprint density at radius 3 is 2.16 bits per heavy atom. The molecule has 3 aromatic rings. The normalized spacial score (nSPS) is 24.8. The summed E-state index contributed by atoms with van der Waals surface area (Å²) >= 11 is 5.07. The monoisotopic (exact) mass is 1280 g/mol. The molecule has 4 aliphatic rings. The minimum absolute atomic E-state index is 0.0706. The zero-order chi connectivity index (χ0) is 64.8. The lowest BCUT2D eigenvalue weighted by atomic mass is 9.94. The number of fused-ring (bicyclic) bond motifs is 5. The molecule has 7 rings (SSSR count). The van der Waals surface area contributed by atoms with Crippen molar-refractivity contribution in [1.29, 1.82) is 0 Å². The van der Waals surface area contributed by atoms with Gasteiger partial charge in [0.1, 0.15) is 30.2 Å². The number of carbonyl (C=O) groups is 13. The van der Waals surface area contributed by atoms with Crippen LogP contribution in [0.5, 0.6) is 0 Å². The van der Waals surface area contributed by atoms with E-state index >= 15 is 4.79 Å². The van der Waals surface area contributed by atoms with E-state index in [4.69, 9.17) is 0 Å². The summed E-state index contributed by atoms with van der Waals surface area (Å²) in [6.07, 6.45) is -5.18. The highest BCUT2D eigenvalue weighted by Gasteiger charge is 2.44. The molecule has 32 heteroatoms. The van der Waals surface area contributed by atoms with Crippen molar-refractivity contribution < 1.29 is 77.6 Å². The number of benzene rings is 2. The molecule has 11 unspecified atom stereocenters. The lowest BCUT2D eigenvalue weighted by molar-refractivity contribution is -0.141. The van der Waals surface area contributed by atoms with Gasteiger partial charge in [-0.05, 0) is 42.2 Å². The Kier molecular flexibility index (Phi) is 24.1. The summed E-state index contributed by atoms with van der Waals surface area (Å²) in [6, 6.07) is 4.60. The van der Waals surface area contributed by atoms with Crippen LogP contribution in [-0.4, -0.2) is 212 Å². The molecule has 0 saturated carbocycles. The van der Waals surface area contributed by atoms with Crippen LogP contribution in [0.3, 0.4) is 0 Å². The van der Waals surface area contributed by atoms with E-state index < -0.39 is 188 Å².